The first-order valence-electron chi connectivity index (χ1n) is 11.3. The summed E-state index contributed by atoms with van der Waals surface area (Å²) in [6, 6.07) is 17.2. The van der Waals surface area contributed by atoms with Crippen molar-refractivity contribution in [1.29, 1.82) is 0 Å². The van der Waals surface area contributed by atoms with Crippen LogP contribution in [0.4, 0.5) is 5.69 Å². The molecular weight excluding hydrogens is 456 g/mol. The highest BCUT2D eigenvalue weighted by atomic mass is 16.5. The van der Waals surface area contributed by atoms with Crippen LogP contribution in [0.5, 0.6) is 23.0 Å². The van der Waals surface area contributed by atoms with Crippen LogP contribution in [-0.4, -0.2) is 39.3 Å². The Labute approximate surface area is 210 Å². The zero-order valence-corrected chi connectivity index (χ0v) is 20.6. The quantitative estimate of drug-likeness (QED) is 0.224. The molecule has 3 aromatic carbocycles. The largest absolute Gasteiger partial charge is 0.495 e. The van der Waals surface area contributed by atoms with Gasteiger partial charge in [-0.1, -0.05) is 42.5 Å². The summed E-state index contributed by atoms with van der Waals surface area (Å²) in [5.74, 6) is 1.91. The molecule has 4 aromatic rings. The Bertz CT molecular complexity index is 1410. The predicted octanol–water partition coefficient (Wildman–Crippen LogP) is 6.02. The van der Waals surface area contributed by atoms with Crippen LogP contribution in [-0.2, 0) is 4.79 Å². The van der Waals surface area contributed by atoms with E-state index in [0.717, 1.165) is 27.6 Å². The third kappa shape index (κ3) is 5.20. The van der Waals surface area contributed by atoms with Crippen LogP contribution in [0.1, 0.15) is 16.7 Å². The van der Waals surface area contributed by atoms with Crippen LogP contribution >= 0.6 is 0 Å². The number of fused-ring (bicyclic) bond motifs is 1. The van der Waals surface area contributed by atoms with Crippen molar-refractivity contribution >= 4 is 40.7 Å². The molecular formula is C29H28N2O5. The van der Waals surface area contributed by atoms with Crippen LogP contribution in [0.3, 0.4) is 0 Å². The van der Waals surface area contributed by atoms with E-state index in [1.54, 1.807) is 40.6 Å². The zero-order valence-electron chi connectivity index (χ0n) is 20.6. The first-order chi connectivity index (χ1) is 17.6. The molecule has 1 heterocycles. The van der Waals surface area contributed by atoms with Gasteiger partial charge in [-0.15, -0.1) is 0 Å². The number of nitrogens with one attached hydrogen (secondary N) is 2. The number of para-hydroxylation sites is 2. The number of hydrogen-bond acceptors (Lipinski definition) is 5. The van der Waals surface area contributed by atoms with Crippen molar-refractivity contribution in [3.63, 3.8) is 0 Å². The SMILES string of the molecule is COc1cccc(C=Cc2cc(OC)c(OC)c(OC)c2)c1NC(=O)/C=C/c1c[nH]c2ccccc12. The minimum absolute atomic E-state index is 0.271. The van der Waals surface area contributed by atoms with E-state index in [9.17, 15) is 4.79 Å². The monoisotopic (exact) mass is 484 g/mol. The first kappa shape index (κ1) is 24.5. The molecule has 7 nitrogen and oxygen atoms in total. The van der Waals surface area contributed by atoms with Gasteiger partial charge in [0.2, 0.25) is 11.7 Å². The highest BCUT2D eigenvalue weighted by Crippen LogP contribution is 2.39. The van der Waals surface area contributed by atoms with E-state index in [-0.39, 0.29) is 5.91 Å². The lowest BCUT2D eigenvalue weighted by atomic mass is 10.1. The van der Waals surface area contributed by atoms with Gasteiger partial charge in [-0.2, -0.15) is 0 Å². The second-order valence-electron chi connectivity index (χ2n) is 7.83. The van der Waals surface area contributed by atoms with Gasteiger partial charge in [0.15, 0.2) is 11.5 Å². The van der Waals surface area contributed by atoms with E-state index in [1.165, 1.54) is 6.08 Å². The number of carbonyl (C=O) groups is 1. The molecule has 0 bridgehead atoms. The smallest absolute Gasteiger partial charge is 0.248 e. The van der Waals surface area contributed by atoms with Crippen LogP contribution in [0.2, 0.25) is 0 Å². The standard InChI is InChI=1S/C29H28N2O5/c1-33-24-11-7-8-20(13-12-19-16-25(34-2)29(36-4)26(17-19)35-3)28(24)31-27(32)15-14-21-18-30-23-10-6-5-9-22(21)23/h5-18,30H,1-4H3,(H,31,32)/b13-12?,15-14+. The highest BCUT2D eigenvalue weighted by Gasteiger charge is 2.13. The average Bonchev–Trinajstić information content (AvgIpc) is 3.33. The zero-order chi connectivity index (χ0) is 25.5. The molecule has 1 aromatic heterocycles. The van der Waals surface area contributed by atoms with Crippen LogP contribution < -0.4 is 24.3 Å². The number of rotatable bonds is 9. The third-order valence-corrected chi connectivity index (χ3v) is 5.70. The lowest BCUT2D eigenvalue weighted by Gasteiger charge is -2.13. The normalized spacial score (nSPS) is 11.2. The molecule has 0 unspecified atom stereocenters. The van der Waals surface area contributed by atoms with Crippen LogP contribution in [0.25, 0.3) is 29.1 Å². The Morgan fingerprint density at radius 3 is 2.19 bits per heavy atom. The van der Waals surface area contributed by atoms with E-state index < -0.39 is 0 Å². The van der Waals surface area contributed by atoms with Crippen LogP contribution in [0.15, 0.2) is 66.9 Å². The van der Waals surface area contributed by atoms with Crippen molar-refractivity contribution in [3.05, 3.63) is 83.6 Å². The maximum atomic E-state index is 12.8. The molecule has 7 heteroatoms. The number of anilines is 1. The summed E-state index contributed by atoms with van der Waals surface area (Å²) in [5.41, 5.74) is 4.13. The number of ether oxygens (including phenoxy) is 4. The second-order valence-corrected chi connectivity index (χ2v) is 7.83. The molecule has 0 atom stereocenters. The second kappa shape index (κ2) is 11.2. The predicted molar refractivity (Wildman–Crippen MR) is 144 cm³/mol. The average molecular weight is 485 g/mol. The van der Waals surface area contributed by atoms with E-state index in [0.29, 0.717) is 28.7 Å². The summed E-state index contributed by atoms with van der Waals surface area (Å²) in [4.78, 5) is 16.0. The summed E-state index contributed by atoms with van der Waals surface area (Å²) in [6.45, 7) is 0. The molecule has 4 rings (SSSR count). The van der Waals surface area contributed by atoms with E-state index in [4.69, 9.17) is 18.9 Å². The number of amides is 1. The van der Waals surface area contributed by atoms with Gasteiger partial charge in [0.25, 0.3) is 0 Å². The number of aromatic nitrogens is 1. The molecule has 2 N–H and O–H groups in total. The van der Waals surface area contributed by atoms with Crippen molar-refractivity contribution < 1.29 is 23.7 Å². The van der Waals surface area contributed by atoms with Gasteiger partial charge >= 0.3 is 0 Å². The minimum Gasteiger partial charge on any atom is -0.495 e. The number of aromatic amines is 1. The molecule has 0 saturated carbocycles. The molecule has 0 radical (unpaired) electrons. The fourth-order valence-electron chi connectivity index (χ4n) is 3.94. The maximum absolute atomic E-state index is 12.8. The Kier molecular flexibility index (Phi) is 7.60. The van der Waals surface area contributed by atoms with Crippen molar-refractivity contribution in [1.82, 2.24) is 4.98 Å². The summed E-state index contributed by atoms with van der Waals surface area (Å²) < 4.78 is 21.8. The lowest BCUT2D eigenvalue weighted by molar-refractivity contribution is -0.111. The molecule has 184 valence electrons. The van der Waals surface area contributed by atoms with Crippen molar-refractivity contribution in [2.75, 3.05) is 33.8 Å². The van der Waals surface area contributed by atoms with Gasteiger partial charge in [-0.05, 0) is 41.5 Å². The highest BCUT2D eigenvalue weighted by molar-refractivity contribution is 6.05. The Hall–Kier alpha value is -4.65. The maximum Gasteiger partial charge on any atom is 0.248 e. The van der Waals surface area contributed by atoms with Crippen molar-refractivity contribution in [3.8, 4) is 23.0 Å². The van der Waals surface area contributed by atoms with E-state index >= 15 is 0 Å². The number of benzene rings is 3. The summed E-state index contributed by atoms with van der Waals surface area (Å²) >= 11 is 0. The van der Waals surface area contributed by atoms with Gasteiger partial charge in [-0.3, -0.25) is 4.79 Å². The number of H-pyrrole nitrogens is 1. The summed E-state index contributed by atoms with van der Waals surface area (Å²) in [5, 5.41) is 4.01. The molecule has 1 amide bonds. The fourth-order valence-corrected chi connectivity index (χ4v) is 3.94. The minimum atomic E-state index is -0.271. The van der Waals surface area contributed by atoms with Crippen molar-refractivity contribution in [2.24, 2.45) is 0 Å². The number of carbonyl (C=O) groups excluding carboxylic acids is 1. The first-order valence-corrected chi connectivity index (χ1v) is 11.3. The topological polar surface area (TPSA) is 81.8 Å². The molecule has 0 saturated heterocycles. The van der Waals surface area contributed by atoms with Gasteiger partial charge in [0.05, 0.1) is 34.1 Å². The van der Waals surface area contributed by atoms with Gasteiger partial charge in [0, 0.05) is 28.7 Å². The fraction of sp³-hybridized carbons (Fsp3) is 0.138. The Morgan fingerprint density at radius 2 is 1.50 bits per heavy atom. The number of methoxy groups -OCH3 is 4. The Morgan fingerprint density at radius 1 is 0.778 bits per heavy atom. The number of hydrogen-bond donors (Lipinski definition) is 2. The Balaban J connectivity index is 1.60. The third-order valence-electron chi connectivity index (χ3n) is 5.70. The molecule has 36 heavy (non-hydrogen) atoms. The summed E-state index contributed by atoms with van der Waals surface area (Å²) in [6.07, 6.45) is 8.96. The molecule has 0 fully saturated rings. The van der Waals surface area contributed by atoms with E-state index in [2.05, 4.69) is 10.3 Å². The molecule has 0 aliphatic rings. The van der Waals surface area contributed by atoms with Gasteiger partial charge in [-0.25, -0.2) is 0 Å². The van der Waals surface area contributed by atoms with Crippen LogP contribution in [0, 0.1) is 0 Å². The summed E-state index contributed by atoms with van der Waals surface area (Å²) in [7, 11) is 6.28. The molecule has 0 aliphatic heterocycles. The lowest BCUT2D eigenvalue weighted by Crippen LogP contribution is -2.10. The van der Waals surface area contributed by atoms with Crippen molar-refractivity contribution in [2.45, 2.75) is 0 Å². The van der Waals surface area contributed by atoms with Gasteiger partial charge in [0.1, 0.15) is 5.75 Å². The van der Waals surface area contributed by atoms with Gasteiger partial charge < -0.3 is 29.2 Å². The molecule has 0 aliphatic carbocycles. The van der Waals surface area contributed by atoms with E-state index in [1.807, 2.05) is 66.9 Å². The molecule has 0 spiro atoms.